The summed E-state index contributed by atoms with van der Waals surface area (Å²) < 4.78 is 27.4. The molecule has 0 spiro atoms. The molecule has 88 valence electrons. The fourth-order valence-corrected chi connectivity index (χ4v) is 2.34. The van der Waals surface area contributed by atoms with E-state index in [0.717, 1.165) is 19.5 Å². The van der Waals surface area contributed by atoms with E-state index in [1.807, 2.05) is 7.05 Å². The van der Waals surface area contributed by atoms with Crippen LogP contribution in [0.5, 0.6) is 0 Å². The maximum atomic E-state index is 13.5. The van der Waals surface area contributed by atoms with Crippen LogP contribution in [-0.4, -0.2) is 31.1 Å². The molecule has 5 heteroatoms. The van der Waals surface area contributed by atoms with Crippen molar-refractivity contribution < 1.29 is 8.78 Å². The fourth-order valence-electron chi connectivity index (χ4n) is 1.94. The topological polar surface area (TPSA) is 15.3 Å². The highest BCUT2D eigenvalue weighted by atomic mass is 79.9. The van der Waals surface area contributed by atoms with E-state index in [9.17, 15) is 8.78 Å². The summed E-state index contributed by atoms with van der Waals surface area (Å²) in [5.74, 6) is -1.11. The quantitative estimate of drug-likeness (QED) is 0.901. The minimum absolute atomic E-state index is 0.0245. The van der Waals surface area contributed by atoms with E-state index in [1.54, 1.807) is 0 Å². The molecular weight excluding hydrogens is 278 g/mol. The van der Waals surface area contributed by atoms with Crippen LogP contribution in [0.1, 0.15) is 6.42 Å². The highest BCUT2D eigenvalue weighted by molar-refractivity contribution is 9.10. The van der Waals surface area contributed by atoms with Crippen LogP contribution in [0.3, 0.4) is 0 Å². The first-order valence-corrected chi connectivity index (χ1v) is 5.95. The molecule has 1 saturated heterocycles. The number of nitrogens with zero attached hydrogens (tertiary/aromatic N) is 1. The SMILES string of the molecule is CN1CCC(Nc2c(F)cc(Br)cc2F)C1. The molecule has 1 unspecified atom stereocenters. The monoisotopic (exact) mass is 290 g/mol. The molecule has 1 heterocycles. The first-order valence-electron chi connectivity index (χ1n) is 5.16. The van der Waals surface area contributed by atoms with E-state index in [0.29, 0.717) is 4.47 Å². The second-order valence-corrected chi connectivity index (χ2v) is 5.05. The number of rotatable bonds is 2. The van der Waals surface area contributed by atoms with Gasteiger partial charge in [-0.05, 0) is 32.1 Å². The third kappa shape index (κ3) is 2.52. The van der Waals surface area contributed by atoms with Crippen molar-refractivity contribution >= 4 is 21.6 Å². The molecule has 2 rings (SSSR count). The fraction of sp³-hybridized carbons (Fsp3) is 0.455. The van der Waals surface area contributed by atoms with Gasteiger partial charge in [-0.2, -0.15) is 0 Å². The van der Waals surface area contributed by atoms with Gasteiger partial charge in [0.15, 0.2) is 0 Å². The van der Waals surface area contributed by atoms with Crippen molar-refractivity contribution in [3.63, 3.8) is 0 Å². The van der Waals surface area contributed by atoms with Crippen molar-refractivity contribution in [1.29, 1.82) is 0 Å². The molecule has 1 N–H and O–H groups in total. The molecule has 0 aliphatic carbocycles. The lowest BCUT2D eigenvalue weighted by Gasteiger charge is -2.15. The highest BCUT2D eigenvalue weighted by Crippen LogP contribution is 2.25. The zero-order chi connectivity index (χ0) is 11.7. The molecule has 0 amide bonds. The van der Waals surface area contributed by atoms with E-state index in [4.69, 9.17) is 0 Å². The zero-order valence-corrected chi connectivity index (χ0v) is 10.5. The lowest BCUT2D eigenvalue weighted by Crippen LogP contribution is -2.24. The molecule has 0 radical (unpaired) electrons. The van der Waals surface area contributed by atoms with Crippen LogP contribution < -0.4 is 5.32 Å². The van der Waals surface area contributed by atoms with Gasteiger partial charge in [0.2, 0.25) is 0 Å². The van der Waals surface area contributed by atoms with Crippen LogP contribution >= 0.6 is 15.9 Å². The average Bonchev–Trinajstić information content (AvgIpc) is 2.58. The number of nitrogens with one attached hydrogen (secondary N) is 1. The van der Waals surface area contributed by atoms with E-state index in [2.05, 4.69) is 26.1 Å². The number of hydrogen-bond acceptors (Lipinski definition) is 2. The van der Waals surface area contributed by atoms with Crippen molar-refractivity contribution in [3.8, 4) is 0 Å². The molecule has 1 aromatic rings. The smallest absolute Gasteiger partial charge is 0.150 e. The molecule has 1 atom stereocenters. The largest absolute Gasteiger partial charge is 0.376 e. The van der Waals surface area contributed by atoms with Crippen molar-refractivity contribution in [2.24, 2.45) is 0 Å². The lowest BCUT2D eigenvalue weighted by atomic mass is 10.2. The number of benzene rings is 1. The van der Waals surface area contributed by atoms with Crippen LogP contribution in [0.15, 0.2) is 16.6 Å². The Kier molecular flexibility index (Phi) is 3.44. The van der Waals surface area contributed by atoms with E-state index in [1.165, 1.54) is 12.1 Å². The van der Waals surface area contributed by atoms with Gasteiger partial charge in [0.05, 0.1) is 0 Å². The Morgan fingerprint density at radius 3 is 2.50 bits per heavy atom. The minimum atomic E-state index is -0.554. The summed E-state index contributed by atoms with van der Waals surface area (Å²) in [6.07, 6.45) is 0.908. The van der Waals surface area contributed by atoms with Gasteiger partial charge in [0.25, 0.3) is 0 Å². The van der Waals surface area contributed by atoms with Gasteiger partial charge < -0.3 is 10.2 Å². The molecule has 0 bridgehead atoms. The summed E-state index contributed by atoms with van der Waals surface area (Å²) in [7, 11) is 2.00. The van der Waals surface area contributed by atoms with Gasteiger partial charge in [-0.1, -0.05) is 15.9 Å². The molecule has 0 aromatic heterocycles. The summed E-state index contributed by atoms with van der Waals surface area (Å²) >= 11 is 3.05. The lowest BCUT2D eigenvalue weighted by molar-refractivity contribution is 0.413. The standard InChI is InChI=1S/C11H13BrF2N2/c1-16-3-2-8(6-16)15-11-9(13)4-7(12)5-10(11)14/h4-5,8,15H,2-3,6H2,1H3. The Bertz CT molecular complexity index is 375. The van der Waals surface area contributed by atoms with Crippen molar-refractivity contribution in [2.45, 2.75) is 12.5 Å². The average molecular weight is 291 g/mol. The van der Waals surface area contributed by atoms with E-state index < -0.39 is 11.6 Å². The number of anilines is 1. The Labute approximate surface area is 102 Å². The number of likely N-dealkylation sites (N-methyl/N-ethyl adjacent to an activating group) is 1. The Hall–Kier alpha value is -0.680. The highest BCUT2D eigenvalue weighted by Gasteiger charge is 2.21. The number of likely N-dealkylation sites (tertiary alicyclic amines) is 1. The summed E-state index contributed by atoms with van der Waals surface area (Å²) in [5.41, 5.74) is -0.0245. The third-order valence-corrected chi connectivity index (χ3v) is 3.20. The molecular formula is C11H13BrF2N2. The maximum Gasteiger partial charge on any atom is 0.150 e. The Morgan fingerprint density at radius 1 is 1.38 bits per heavy atom. The zero-order valence-electron chi connectivity index (χ0n) is 8.93. The molecule has 2 nitrogen and oxygen atoms in total. The second kappa shape index (κ2) is 4.67. The normalized spacial score (nSPS) is 21.4. The molecule has 16 heavy (non-hydrogen) atoms. The van der Waals surface area contributed by atoms with Gasteiger partial charge in [0, 0.05) is 17.1 Å². The van der Waals surface area contributed by atoms with Gasteiger partial charge in [0.1, 0.15) is 17.3 Å². The van der Waals surface area contributed by atoms with Crippen molar-refractivity contribution in [3.05, 3.63) is 28.2 Å². The number of hydrogen-bond donors (Lipinski definition) is 1. The molecule has 1 aliphatic heterocycles. The second-order valence-electron chi connectivity index (χ2n) is 4.14. The summed E-state index contributed by atoms with van der Waals surface area (Å²) in [5, 5.41) is 2.92. The minimum Gasteiger partial charge on any atom is -0.376 e. The van der Waals surface area contributed by atoms with Gasteiger partial charge in [-0.3, -0.25) is 0 Å². The van der Waals surface area contributed by atoms with Gasteiger partial charge in [-0.25, -0.2) is 8.78 Å². The van der Waals surface area contributed by atoms with Crippen LogP contribution in [0.4, 0.5) is 14.5 Å². The van der Waals surface area contributed by atoms with Crippen LogP contribution in [0.2, 0.25) is 0 Å². The first kappa shape index (κ1) is 11.8. The molecule has 0 saturated carbocycles. The van der Waals surface area contributed by atoms with Crippen molar-refractivity contribution in [1.82, 2.24) is 4.90 Å². The predicted octanol–water partition coefficient (Wildman–Crippen LogP) is 2.84. The predicted molar refractivity (Wildman–Crippen MR) is 63.6 cm³/mol. The van der Waals surface area contributed by atoms with E-state index in [-0.39, 0.29) is 11.7 Å². The van der Waals surface area contributed by atoms with Crippen LogP contribution in [-0.2, 0) is 0 Å². The molecule has 1 aliphatic rings. The summed E-state index contributed by atoms with van der Waals surface area (Å²) in [6.45, 7) is 1.77. The molecule has 1 aromatic carbocycles. The maximum absolute atomic E-state index is 13.5. The van der Waals surface area contributed by atoms with Gasteiger partial charge >= 0.3 is 0 Å². The van der Waals surface area contributed by atoms with E-state index >= 15 is 0 Å². The van der Waals surface area contributed by atoms with Gasteiger partial charge in [-0.15, -0.1) is 0 Å². The van der Waals surface area contributed by atoms with Crippen LogP contribution in [0, 0.1) is 11.6 Å². The summed E-state index contributed by atoms with van der Waals surface area (Å²) in [6, 6.07) is 2.66. The van der Waals surface area contributed by atoms with Crippen LogP contribution in [0.25, 0.3) is 0 Å². The first-order chi connectivity index (χ1) is 7.56. The molecule has 1 fully saturated rings. The van der Waals surface area contributed by atoms with Crippen molar-refractivity contribution in [2.75, 3.05) is 25.5 Å². The Balaban J connectivity index is 2.15. The third-order valence-electron chi connectivity index (χ3n) is 2.75. The Morgan fingerprint density at radius 2 is 2.00 bits per heavy atom. The number of halogens is 3. The summed E-state index contributed by atoms with van der Waals surface area (Å²) in [4.78, 5) is 2.13.